The molecule has 0 saturated carbocycles. The van der Waals surface area contributed by atoms with Crippen molar-refractivity contribution in [3.8, 4) is 0 Å². The lowest BCUT2D eigenvalue weighted by atomic mass is 10.1. The Balaban J connectivity index is 0.00000121. The van der Waals surface area contributed by atoms with Crippen molar-refractivity contribution in [1.29, 1.82) is 0 Å². The van der Waals surface area contributed by atoms with Gasteiger partial charge in [0.05, 0.1) is 11.1 Å². The molecule has 0 bridgehead atoms. The van der Waals surface area contributed by atoms with E-state index in [4.69, 9.17) is 0 Å². The van der Waals surface area contributed by atoms with Gasteiger partial charge in [0.2, 0.25) is 0 Å². The molecule has 2 aliphatic rings. The third-order valence-corrected chi connectivity index (χ3v) is 5.23. The van der Waals surface area contributed by atoms with Gasteiger partial charge in [0.15, 0.2) is 0 Å². The highest BCUT2D eigenvalue weighted by Crippen LogP contribution is 2.21. The summed E-state index contributed by atoms with van der Waals surface area (Å²) in [5.74, 6) is 0.140. The Hall–Kier alpha value is -1.40. The number of carbonyl (C=O) groups is 1. The molecule has 2 fully saturated rings. The summed E-state index contributed by atoms with van der Waals surface area (Å²) in [6.07, 6.45) is 1.22. The van der Waals surface area contributed by atoms with Gasteiger partial charge >= 0.3 is 0 Å². The van der Waals surface area contributed by atoms with E-state index in [0.29, 0.717) is 6.04 Å². The lowest BCUT2D eigenvalue weighted by Crippen LogP contribution is -2.52. The molecule has 2 saturated heterocycles. The molecular formula is C19H26Cl2N4O. The number of nitrogens with zero attached hydrogens (tertiary/aromatic N) is 3. The van der Waals surface area contributed by atoms with Crippen LogP contribution in [0, 0.1) is 6.92 Å². The standard InChI is InChI=1S/C19H24N4O.2ClH/c1-14-12-17(16-4-2-3-5-18(16)21-14)19(24)23-10-8-22(9-11-23)15-6-7-20-13-15;;/h2-5,12,15,20H,6-11,13H2,1H3;2*1H. The van der Waals surface area contributed by atoms with E-state index < -0.39 is 0 Å². The Morgan fingerprint density at radius 1 is 1.15 bits per heavy atom. The number of piperazine rings is 1. The maximum absolute atomic E-state index is 13.1. The molecule has 1 amide bonds. The summed E-state index contributed by atoms with van der Waals surface area (Å²) in [5, 5.41) is 4.38. The minimum absolute atomic E-state index is 0. The number of aryl methyl sites for hydroxylation is 1. The van der Waals surface area contributed by atoms with Crippen LogP contribution < -0.4 is 5.32 Å². The largest absolute Gasteiger partial charge is 0.336 e. The first-order chi connectivity index (χ1) is 11.7. The van der Waals surface area contributed by atoms with Crippen LogP contribution in [0.2, 0.25) is 0 Å². The maximum Gasteiger partial charge on any atom is 0.254 e. The van der Waals surface area contributed by atoms with Gasteiger partial charge in [-0.25, -0.2) is 0 Å². The predicted octanol–water partition coefficient (Wildman–Crippen LogP) is 2.51. The number of rotatable bonds is 2. The molecule has 1 aromatic heterocycles. The van der Waals surface area contributed by atoms with Crippen molar-refractivity contribution in [2.75, 3.05) is 39.3 Å². The van der Waals surface area contributed by atoms with Crippen LogP contribution in [0.1, 0.15) is 22.5 Å². The number of aromatic nitrogens is 1. The Bertz CT molecular complexity index is 756. The van der Waals surface area contributed by atoms with Gasteiger partial charge in [-0.15, -0.1) is 24.8 Å². The smallest absolute Gasteiger partial charge is 0.254 e. The Morgan fingerprint density at radius 2 is 1.88 bits per heavy atom. The van der Waals surface area contributed by atoms with E-state index in [0.717, 1.165) is 61.4 Å². The van der Waals surface area contributed by atoms with Crippen molar-refractivity contribution in [3.63, 3.8) is 0 Å². The van der Waals surface area contributed by atoms with Crippen molar-refractivity contribution in [2.24, 2.45) is 0 Å². The molecule has 1 N–H and O–H groups in total. The predicted molar refractivity (Wildman–Crippen MR) is 110 cm³/mol. The lowest BCUT2D eigenvalue weighted by Gasteiger charge is -2.38. The average molecular weight is 397 g/mol. The zero-order valence-electron chi connectivity index (χ0n) is 15.0. The van der Waals surface area contributed by atoms with E-state index in [-0.39, 0.29) is 30.7 Å². The molecule has 7 heteroatoms. The number of hydrogen-bond donors (Lipinski definition) is 1. The molecule has 2 aromatic rings. The van der Waals surface area contributed by atoms with Crippen molar-refractivity contribution >= 4 is 41.6 Å². The number of pyridine rings is 1. The van der Waals surface area contributed by atoms with E-state index in [9.17, 15) is 4.79 Å². The number of hydrogen-bond acceptors (Lipinski definition) is 4. The second kappa shape index (κ2) is 9.00. The van der Waals surface area contributed by atoms with Crippen LogP contribution in [0.25, 0.3) is 10.9 Å². The van der Waals surface area contributed by atoms with E-state index in [1.807, 2.05) is 42.2 Å². The zero-order chi connectivity index (χ0) is 16.5. The van der Waals surface area contributed by atoms with Crippen molar-refractivity contribution in [3.05, 3.63) is 41.6 Å². The second-order valence-electron chi connectivity index (χ2n) is 6.80. The van der Waals surface area contributed by atoms with E-state index in [1.54, 1.807) is 0 Å². The first kappa shape index (κ1) is 20.9. The third-order valence-electron chi connectivity index (χ3n) is 5.23. The molecule has 1 unspecified atom stereocenters. The Kier molecular flexibility index (Phi) is 7.24. The number of para-hydroxylation sites is 1. The van der Waals surface area contributed by atoms with Crippen LogP contribution in [-0.4, -0.2) is 66.0 Å². The summed E-state index contributed by atoms with van der Waals surface area (Å²) < 4.78 is 0. The quantitative estimate of drug-likeness (QED) is 0.846. The fraction of sp³-hybridized carbons (Fsp3) is 0.474. The first-order valence-corrected chi connectivity index (χ1v) is 8.83. The summed E-state index contributed by atoms with van der Waals surface area (Å²) in [6, 6.07) is 10.5. The number of nitrogens with one attached hydrogen (secondary N) is 1. The minimum atomic E-state index is 0. The van der Waals surface area contributed by atoms with Gasteiger partial charge in [-0.1, -0.05) is 18.2 Å². The van der Waals surface area contributed by atoms with Gasteiger partial charge in [0.25, 0.3) is 5.91 Å². The normalized spacial score (nSPS) is 20.5. The highest BCUT2D eigenvalue weighted by molar-refractivity contribution is 6.06. The summed E-state index contributed by atoms with van der Waals surface area (Å²) in [5.41, 5.74) is 2.58. The lowest BCUT2D eigenvalue weighted by molar-refractivity contribution is 0.0585. The van der Waals surface area contributed by atoms with Crippen molar-refractivity contribution in [1.82, 2.24) is 20.1 Å². The number of carbonyl (C=O) groups excluding carboxylic acids is 1. The Labute approximate surface area is 167 Å². The van der Waals surface area contributed by atoms with Gasteiger partial charge in [0.1, 0.15) is 0 Å². The number of amides is 1. The maximum atomic E-state index is 13.1. The highest BCUT2D eigenvalue weighted by atomic mass is 35.5. The highest BCUT2D eigenvalue weighted by Gasteiger charge is 2.28. The van der Waals surface area contributed by atoms with Gasteiger partial charge in [-0.05, 0) is 32.0 Å². The van der Waals surface area contributed by atoms with Gasteiger partial charge in [-0.3, -0.25) is 14.7 Å². The number of halogens is 2. The fourth-order valence-corrected chi connectivity index (χ4v) is 3.90. The van der Waals surface area contributed by atoms with E-state index in [1.165, 1.54) is 6.42 Å². The van der Waals surface area contributed by atoms with Crippen LogP contribution in [-0.2, 0) is 0 Å². The molecule has 0 radical (unpaired) electrons. The van der Waals surface area contributed by atoms with E-state index in [2.05, 4.69) is 15.2 Å². The molecule has 4 rings (SSSR count). The average Bonchev–Trinajstić information content (AvgIpc) is 3.15. The van der Waals surface area contributed by atoms with Gasteiger partial charge in [-0.2, -0.15) is 0 Å². The molecule has 1 atom stereocenters. The molecule has 0 spiro atoms. The van der Waals surface area contributed by atoms with Crippen LogP contribution >= 0.6 is 24.8 Å². The van der Waals surface area contributed by atoms with Crippen LogP contribution in [0.5, 0.6) is 0 Å². The molecule has 26 heavy (non-hydrogen) atoms. The van der Waals surface area contributed by atoms with Crippen molar-refractivity contribution in [2.45, 2.75) is 19.4 Å². The van der Waals surface area contributed by atoms with Crippen LogP contribution in [0.15, 0.2) is 30.3 Å². The molecule has 5 nitrogen and oxygen atoms in total. The molecule has 2 aliphatic heterocycles. The fourth-order valence-electron chi connectivity index (χ4n) is 3.90. The van der Waals surface area contributed by atoms with Gasteiger partial charge in [0, 0.05) is 49.8 Å². The summed E-state index contributed by atoms with van der Waals surface area (Å²) >= 11 is 0. The molecular weight excluding hydrogens is 371 g/mol. The topological polar surface area (TPSA) is 48.5 Å². The van der Waals surface area contributed by atoms with Gasteiger partial charge < -0.3 is 10.2 Å². The first-order valence-electron chi connectivity index (χ1n) is 8.83. The SMILES string of the molecule is Cc1cc(C(=O)N2CCN(C3CCNC3)CC2)c2ccccc2n1.Cl.Cl. The molecule has 1 aromatic carbocycles. The molecule has 142 valence electrons. The third kappa shape index (κ3) is 4.12. The summed E-state index contributed by atoms with van der Waals surface area (Å²) in [4.78, 5) is 22.1. The summed E-state index contributed by atoms with van der Waals surface area (Å²) in [6.45, 7) is 7.72. The second-order valence-corrected chi connectivity index (χ2v) is 6.80. The minimum Gasteiger partial charge on any atom is -0.336 e. The monoisotopic (exact) mass is 396 g/mol. The molecule has 0 aliphatic carbocycles. The zero-order valence-corrected chi connectivity index (χ0v) is 16.6. The summed E-state index contributed by atoms with van der Waals surface area (Å²) in [7, 11) is 0. The van der Waals surface area contributed by atoms with Crippen molar-refractivity contribution < 1.29 is 4.79 Å². The molecule has 3 heterocycles. The van der Waals surface area contributed by atoms with Crippen LogP contribution in [0.4, 0.5) is 0 Å². The Morgan fingerprint density at radius 3 is 2.58 bits per heavy atom. The van der Waals surface area contributed by atoms with E-state index >= 15 is 0 Å². The number of fused-ring (bicyclic) bond motifs is 1. The van der Waals surface area contributed by atoms with Crippen LogP contribution in [0.3, 0.4) is 0 Å². The number of benzene rings is 1.